The van der Waals surface area contributed by atoms with Crippen LogP contribution in [-0.4, -0.2) is 58.0 Å². The topological polar surface area (TPSA) is 86.6 Å². The molecule has 0 aromatic carbocycles. The maximum atomic E-state index is 12.4. The highest BCUT2D eigenvalue weighted by molar-refractivity contribution is 5.94. The molecule has 2 aromatic heterocycles. The highest BCUT2D eigenvalue weighted by atomic mass is 16.4. The van der Waals surface area contributed by atoms with Crippen LogP contribution in [0, 0.1) is 0 Å². The fourth-order valence-electron chi connectivity index (χ4n) is 2.53. The molecule has 1 saturated heterocycles. The van der Waals surface area contributed by atoms with E-state index in [2.05, 4.69) is 9.97 Å². The van der Waals surface area contributed by atoms with Crippen LogP contribution in [0.2, 0.25) is 0 Å². The lowest BCUT2D eigenvalue weighted by molar-refractivity contribution is 0.0696. The van der Waals surface area contributed by atoms with E-state index in [-0.39, 0.29) is 11.5 Å². The Morgan fingerprint density at radius 2 is 1.83 bits per heavy atom. The Hall–Kier alpha value is -2.96. The molecule has 3 heterocycles. The Morgan fingerprint density at radius 3 is 2.48 bits per heavy atom. The molecule has 0 saturated carbocycles. The number of pyridine rings is 2. The van der Waals surface area contributed by atoms with Gasteiger partial charge in [0.2, 0.25) is 0 Å². The van der Waals surface area contributed by atoms with Gasteiger partial charge in [0.25, 0.3) is 5.91 Å². The molecule has 2 aromatic rings. The minimum atomic E-state index is -0.973. The monoisotopic (exact) mass is 312 g/mol. The Kier molecular flexibility index (Phi) is 4.18. The van der Waals surface area contributed by atoms with Gasteiger partial charge in [0.15, 0.2) is 0 Å². The lowest BCUT2D eigenvalue weighted by Crippen LogP contribution is -2.49. The Bertz CT molecular complexity index is 712. The fourth-order valence-corrected chi connectivity index (χ4v) is 2.53. The van der Waals surface area contributed by atoms with E-state index >= 15 is 0 Å². The van der Waals surface area contributed by atoms with Crippen molar-refractivity contribution < 1.29 is 14.7 Å². The Balaban J connectivity index is 1.66. The van der Waals surface area contributed by atoms with E-state index < -0.39 is 5.97 Å². The molecule has 7 heteroatoms. The molecule has 7 nitrogen and oxygen atoms in total. The van der Waals surface area contributed by atoms with Crippen LogP contribution >= 0.6 is 0 Å². The first kappa shape index (κ1) is 15.0. The maximum Gasteiger partial charge on any atom is 0.335 e. The van der Waals surface area contributed by atoms with Gasteiger partial charge in [-0.25, -0.2) is 9.78 Å². The van der Waals surface area contributed by atoms with Crippen molar-refractivity contribution in [3.05, 3.63) is 54.0 Å². The largest absolute Gasteiger partial charge is 0.478 e. The molecule has 1 aliphatic rings. The second-order valence-electron chi connectivity index (χ2n) is 5.23. The molecule has 3 rings (SSSR count). The zero-order chi connectivity index (χ0) is 16.2. The molecule has 23 heavy (non-hydrogen) atoms. The number of aromatic nitrogens is 2. The van der Waals surface area contributed by atoms with Crippen LogP contribution in [0.1, 0.15) is 20.7 Å². The number of carboxylic acid groups (broad SMARTS) is 1. The first-order valence-corrected chi connectivity index (χ1v) is 7.29. The minimum absolute atomic E-state index is 0.0370. The molecule has 1 N–H and O–H groups in total. The van der Waals surface area contributed by atoms with Crippen molar-refractivity contribution in [1.29, 1.82) is 0 Å². The number of nitrogens with zero attached hydrogens (tertiary/aromatic N) is 4. The number of rotatable bonds is 3. The normalized spacial score (nSPS) is 14.6. The van der Waals surface area contributed by atoms with Gasteiger partial charge in [0.1, 0.15) is 5.82 Å². The predicted molar refractivity (Wildman–Crippen MR) is 83.5 cm³/mol. The number of anilines is 1. The van der Waals surface area contributed by atoms with Gasteiger partial charge >= 0.3 is 5.97 Å². The number of carbonyl (C=O) groups is 2. The number of carbonyl (C=O) groups excluding carboxylic acids is 1. The van der Waals surface area contributed by atoms with Crippen LogP contribution in [0.5, 0.6) is 0 Å². The van der Waals surface area contributed by atoms with Gasteiger partial charge in [0, 0.05) is 44.8 Å². The molecule has 0 bridgehead atoms. The van der Waals surface area contributed by atoms with Crippen molar-refractivity contribution in [3.63, 3.8) is 0 Å². The fraction of sp³-hybridized carbons (Fsp3) is 0.250. The van der Waals surface area contributed by atoms with Gasteiger partial charge in [-0.05, 0) is 24.3 Å². The first-order valence-electron chi connectivity index (χ1n) is 7.29. The number of hydrogen-bond acceptors (Lipinski definition) is 5. The molecule has 0 unspecified atom stereocenters. The highest BCUT2D eigenvalue weighted by Gasteiger charge is 2.23. The predicted octanol–water partition coefficient (Wildman–Crippen LogP) is 1.14. The molecule has 0 aliphatic carbocycles. The van der Waals surface area contributed by atoms with E-state index in [1.165, 1.54) is 12.3 Å². The quantitative estimate of drug-likeness (QED) is 0.914. The summed E-state index contributed by atoms with van der Waals surface area (Å²) < 4.78 is 0. The van der Waals surface area contributed by atoms with E-state index in [0.29, 0.717) is 37.6 Å². The van der Waals surface area contributed by atoms with E-state index in [1.807, 2.05) is 4.90 Å². The SMILES string of the molecule is O=C(O)c1ccnc(N2CCN(C(=O)c3cccnc3)CC2)c1. The average Bonchev–Trinajstić information content (AvgIpc) is 2.62. The van der Waals surface area contributed by atoms with Crippen LogP contribution in [0.15, 0.2) is 42.9 Å². The third kappa shape index (κ3) is 3.28. The molecule has 1 amide bonds. The van der Waals surface area contributed by atoms with Gasteiger partial charge in [0.05, 0.1) is 11.1 Å². The van der Waals surface area contributed by atoms with Crippen molar-refractivity contribution in [3.8, 4) is 0 Å². The van der Waals surface area contributed by atoms with Crippen LogP contribution in [0.4, 0.5) is 5.82 Å². The summed E-state index contributed by atoms with van der Waals surface area (Å²) in [6.45, 7) is 2.35. The molecule has 0 spiro atoms. The zero-order valence-corrected chi connectivity index (χ0v) is 12.4. The number of amides is 1. The number of hydrogen-bond donors (Lipinski definition) is 1. The van der Waals surface area contributed by atoms with Crippen molar-refractivity contribution in [2.45, 2.75) is 0 Å². The number of piperazine rings is 1. The van der Waals surface area contributed by atoms with Crippen molar-refractivity contribution in [2.24, 2.45) is 0 Å². The first-order chi connectivity index (χ1) is 11.1. The zero-order valence-electron chi connectivity index (χ0n) is 12.4. The molecule has 1 aliphatic heterocycles. The average molecular weight is 312 g/mol. The lowest BCUT2D eigenvalue weighted by Gasteiger charge is -2.35. The van der Waals surface area contributed by atoms with Gasteiger partial charge in [-0.3, -0.25) is 9.78 Å². The van der Waals surface area contributed by atoms with Gasteiger partial charge < -0.3 is 14.9 Å². The van der Waals surface area contributed by atoms with Crippen LogP contribution < -0.4 is 4.90 Å². The van der Waals surface area contributed by atoms with Crippen molar-refractivity contribution in [1.82, 2.24) is 14.9 Å². The van der Waals surface area contributed by atoms with Crippen molar-refractivity contribution in [2.75, 3.05) is 31.1 Å². The van der Waals surface area contributed by atoms with Crippen LogP contribution in [0.25, 0.3) is 0 Å². The van der Waals surface area contributed by atoms with Gasteiger partial charge in [-0.1, -0.05) is 0 Å². The highest BCUT2D eigenvalue weighted by Crippen LogP contribution is 2.16. The number of carboxylic acids is 1. The summed E-state index contributed by atoms with van der Waals surface area (Å²) in [4.78, 5) is 35.3. The molecular weight excluding hydrogens is 296 g/mol. The second-order valence-corrected chi connectivity index (χ2v) is 5.23. The molecule has 1 fully saturated rings. The van der Waals surface area contributed by atoms with Crippen LogP contribution in [-0.2, 0) is 0 Å². The molecular formula is C16H16N4O3. The van der Waals surface area contributed by atoms with Crippen LogP contribution in [0.3, 0.4) is 0 Å². The third-order valence-corrected chi connectivity index (χ3v) is 3.79. The van der Waals surface area contributed by atoms with E-state index in [4.69, 9.17) is 5.11 Å². The Labute approximate surface area is 133 Å². The summed E-state index contributed by atoms with van der Waals surface area (Å²) in [6.07, 6.45) is 4.69. The summed E-state index contributed by atoms with van der Waals surface area (Å²) in [5.41, 5.74) is 0.788. The summed E-state index contributed by atoms with van der Waals surface area (Å²) in [5, 5.41) is 9.04. The maximum absolute atomic E-state index is 12.4. The van der Waals surface area contributed by atoms with Gasteiger partial charge in [-0.15, -0.1) is 0 Å². The molecule has 118 valence electrons. The second kappa shape index (κ2) is 6.43. The summed E-state index contributed by atoms with van der Waals surface area (Å²) in [7, 11) is 0. The van der Waals surface area contributed by atoms with E-state index in [0.717, 1.165) is 0 Å². The minimum Gasteiger partial charge on any atom is -0.478 e. The van der Waals surface area contributed by atoms with Gasteiger partial charge in [-0.2, -0.15) is 0 Å². The standard InChI is InChI=1S/C16H16N4O3/c21-15(13-2-1-4-17-11-13)20-8-6-19(7-9-20)14-10-12(16(22)23)3-5-18-14/h1-5,10-11H,6-9H2,(H,22,23). The van der Waals surface area contributed by atoms with E-state index in [9.17, 15) is 9.59 Å². The summed E-state index contributed by atoms with van der Waals surface area (Å²) in [5.74, 6) is -0.387. The number of aromatic carboxylic acids is 1. The summed E-state index contributed by atoms with van der Waals surface area (Å²) >= 11 is 0. The summed E-state index contributed by atoms with van der Waals surface area (Å²) in [6, 6.07) is 6.51. The van der Waals surface area contributed by atoms with E-state index in [1.54, 1.807) is 35.5 Å². The lowest BCUT2D eigenvalue weighted by atomic mass is 10.2. The molecule has 0 atom stereocenters. The third-order valence-electron chi connectivity index (χ3n) is 3.79. The molecule has 0 radical (unpaired) electrons. The Morgan fingerprint density at radius 1 is 1.04 bits per heavy atom. The smallest absolute Gasteiger partial charge is 0.335 e. The van der Waals surface area contributed by atoms with Crippen molar-refractivity contribution >= 4 is 17.7 Å².